The molecule has 0 aromatic rings. The largest absolute Gasteiger partial charge is 0.472 e. The highest BCUT2D eigenvalue weighted by molar-refractivity contribution is 7.47. The average Bonchev–Trinajstić information content (AvgIpc) is 3.52. The lowest BCUT2D eigenvalue weighted by atomic mass is 10.0. The number of hydrogen-bond donors (Lipinski definition) is 3. The Morgan fingerprint density at radius 1 is 0.282 bits per heavy atom. The van der Waals surface area contributed by atoms with Crippen molar-refractivity contribution in [3.05, 3.63) is 0 Å². The highest BCUT2D eigenvalue weighted by Crippen LogP contribution is 2.45. The summed E-state index contributed by atoms with van der Waals surface area (Å²) >= 11 is 0. The third-order valence-corrected chi connectivity index (χ3v) is 17.3. The Labute approximate surface area is 517 Å². The first kappa shape index (κ1) is 83.1. The number of esters is 4. The summed E-state index contributed by atoms with van der Waals surface area (Å²) in [7, 11) is -9.88. The molecule has 17 nitrogen and oxygen atoms in total. The molecule has 0 rings (SSSR count). The minimum absolute atomic E-state index is 0.106. The molecule has 0 aliphatic rings. The van der Waals surface area contributed by atoms with Crippen LogP contribution in [0.4, 0.5) is 0 Å². The van der Waals surface area contributed by atoms with Crippen molar-refractivity contribution in [3.63, 3.8) is 0 Å². The van der Waals surface area contributed by atoms with Gasteiger partial charge >= 0.3 is 39.5 Å². The third-order valence-electron chi connectivity index (χ3n) is 15.4. The number of unbranched alkanes of at least 4 members (excludes halogenated alkanes) is 41. The summed E-state index contributed by atoms with van der Waals surface area (Å²) in [5.41, 5.74) is 0. The number of phosphoric acid groups is 2. The summed E-state index contributed by atoms with van der Waals surface area (Å²) in [6.45, 7) is 4.82. The fourth-order valence-corrected chi connectivity index (χ4v) is 11.6. The number of aliphatic hydroxyl groups is 1. The predicted octanol–water partition coefficient (Wildman–Crippen LogP) is 18.7. The number of phosphoric ester groups is 2. The van der Waals surface area contributed by atoms with Gasteiger partial charge in [0.1, 0.15) is 19.3 Å². The molecule has 3 N–H and O–H groups in total. The van der Waals surface area contributed by atoms with Crippen molar-refractivity contribution in [2.45, 2.75) is 361 Å². The minimum atomic E-state index is -4.94. The van der Waals surface area contributed by atoms with Crippen molar-refractivity contribution in [1.29, 1.82) is 0 Å². The van der Waals surface area contributed by atoms with Crippen LogP contribution in [-0.2, 0) is 65.4 Å². The quantitative estimate of drug-likeness (QED) is 0.0222. The second-order valence-electron chi connectivity index (χ2n) is 23.9. The molecule has 85 heavy (non-hydrogen) atoms. The first-order valence-corrected chi connectivity index (χ1v) is 37.8. The van der Waals surface area contributed by atoms with Crippen molar-refractivity contribution >= 4 is 39.5 Å². The van der Waals surface area contributed by atoms with Gasteiger partial charge in [-0.25, -0.2) is 9.13 Å². The van der Waals surface area contributed by atoms with Crippen LogP contribution in [0, 0.1) is 0 Å². The fraction of sp³-hybridized carbons (Fsp3) is 0.939. The van der Waals surface area contributed by atoms with Crippen LogP contribution in [0.3, 0.4) is 0 Å². The molecule has 2 unspecified atom stereocenters. The van der Waals surface area contributed by atoms with E-state index in [0.717, 1.165) is 96.3 Å². The van der Waals surface area contributed by atoms with E-state index in [1.165, 1.54) is 167 Å². The van der Waals surface area contributed by atoms with Crippen LogP contribution in [0.1, 0.15) is 342 Å². The van der Waals surface area contributed by atoms with Gasteiger partial charge in [0.25, 0.3) is 0 Å². The van der Waals surface area contributed by atoms with Gasteiger partial charge in [-0.1, -0.05) is 291 Å². The Bertz CT molecular complexity index is 1640. The van der Waals surface area contributed by atoms with Crippen molar-refractivity contribution < 1.29 is 80.2 Å². The predicted molar refractivity (Wildman–Crippen MR) is 340 cm³/mol. The van der Waals surface area contributed by atoms with Gasteiger partial charge in [0, 0.05) is 25.7 Å². The third kappa shape index (κ3) is 60.7. The molecular formula is C66H128O17P2. The van der Waals surface area contributed by atoms with E-state index in [1.54, 1.807) is 0 Å². The molecule has 0 fully saturated rings. The lowest BCUT2D eigenvalue weighted by Crippen LogP contribution is -2.30. The Morgan fingerprint density at radius 3 is 0.694 bits per heavy atom. The SMILES string of the molecule is CCCCCCCCCCCCCCCCCCCCC(=O)O[C@H](COC(=O)CCCCCCCCCCCCCC)COP(=O)(O)OC[C@@H](O)COP(=O)(O)OC[C@@H](COC(=O)CCCCCCC)OC(=O)CCCCCCCCCCCC. The van der Waals surface area contributed by atoms with Crippen LogP contribution < -0.4 is 0 Å². The lowest BCUT2D eigenvalue weighted by Gasteiger charge is -2.21. The van der Waals surface area contributed by atoms with Crippen LogP contribution in [-0.4, -0.2) is 96.7 Å². The molecule has 0 amide bonds. The molecule has 504 valence electrons. The van der Waals surface area contributed by atoms with Gasteiger partial charge in [-0.2, -0.15) is 0 Å². The van der Waals surface area contributed by atoms with Gasteiger partial charge in [-0.3, -0.25) is 37.3 Å². The number of carbonyl (C=O) groups excluding carboxylic acids is 4. The summed E-state index contributed by atoms with van der Waals surface area (Å²) in [6, 6.07) is 0. The van der Waals surface area contributed by atoms with Crippen molar-refractivity contribution in [1.82, 2.24) is 0 Å². The average molecular weight is 1260 g/mol. The molecular weight excluding hydrogens is 1130 g/mol. The molecule has 19 heteroatoms. The first-order chi connectivity index (χ1) is 41.2. The smallest absolute Gasteiger partial charge is 0.462 e. The topological polar surface area (TPSA) is 237 Å². The van der Waals surface area contributed by atoms with E-state index in [2.05, 4.69) is 27.7 Å². The number of aliphatic hydroxyl groups excluding tert-OH is 1. The van der Waals surface area contributed by atoms with Gasteiger partial charge in [0.2, 0.25) is 0 Å². The Hall–Kier alpha value is -1.94. The maximum Gasteiger partial charge on any atom is 0.472 e. The zero-order chi connectivity index (χ0) is 62.6. The second kappa shape index (κ2) is 60.9. The van der Waals surface area contributed by atoms with Crippen LogP contribution in [0.15, 0.2) is 0 Å². The number of ether oxygens (including phenoxy) is 4. The maximum absolute atomic E-state index is 13.0. The van der Waals surface area contributed by atoms with E-state index in [1.807, 2.05) is 0 Å². The first-order valence-electron chi connectivity index (χ1n) is 34.8. The highest BCUT2D eigenvalue weighted by atomic mass is 31.2. The van der Waals surface area contributed by atoms with E-state index in [0.29, 0.717) is 25.7 Å². The monoisotopic (exact) mass is 1250 g/mol. The summed E-state index contributed by atoms with van der Waals surface area (Å²) in [4.78, 5) is 72.0. The molecule has 0 aromatic carbocycles. The zero-order valence-electron chi connectivity index (χ0n) is 54.6. The van der Waals surface area contributed by atoms with Crippen molar-refractivity contribution in [2.24, 2.45) is 0 Å². The molecule has 0 saturated carbocycles. The van der Waals surface area contributed by atoms with Crippen LogP contribution in [0.25, 0.3) is 0 Å². The van der Waals surface area contributed by atoms with Crippen LogP contribution in [0.5, 0.6) is 0 Å². The summed E-state index contributed by atoms with van der Waals surface area (Å²) in [5.74, 6) is -2.14. The number of carbonyl (C=O) groups is 4. The van der Waals surface area contributed by atoms with Crippen LogP contribution >= 0.6 is 15.6 Å². The van der Waals surface area contributed by atoms with Gasteiger partial charge < -0.3 is 33.8 Å². The molecule has 0 radical (unpaired) electrons. The summed E-state index contributed by atoms with van der Waals surface area (Å²) in [5, 5.41) is 10.5. The van der Waals surface area contributed by atoms with Gasteiger partial charge in [-0.15, -0.1) is 0 Å². The number of hydrogen-bond acceptors (Lipinski definition) is 15. The van der Waals surface area contributed by atoms with Crippen molar-refractivity contribution in [3.8, 4) is 0 Å². The van der Waals surface area contributed by atoms with Crippen LogP contribution in [0.2, 0.25) is 0 Å². The second-order valence-corrected chi connectivity index (χ2v) is 26.8. The van der Waals surface area contributed by atoms with E-state index in [9.17, 15) is 43.2 Å². The van der Waals surface area contributed by atoms with E-state index in [4.69, 9.17) is 37.0 Å². The molecule has 0 aromatic heterocycles. The Balaban J connectivity index is 5.14. The minimum Gasteiger partial charge on any atom is -0.462 e. The fourth-order valence-electron chi connectivity index (χ4n) is 9.99. The molecule has 0 aliphatic heterocycles. The van der Waals surface area contributed by atoms with E-state index >= 15 is 0 Å². The number of rotatable bonds is 67. The normalized spacial score (nSPS) is 14.1. The van der Waals surface area contributed by atoms with Crippen molar-refractivity contribution in [2.75, 3.05) is 39.6 Å². The van der Waals surface area contributed by atoms with Gasteiger partial charge in [0.15, 0.2) is 12.2 Å². The molecule has 5 atom stereocenters. The molecule has 0 heterocycles. The molecule has 0 saturated heterocycles. The summed E-state index contributed by atoms with van der Waals surface area (Å²) in [6.07, 6.45) is 47.5. The maximum atomic E-state index is 13.0. The van der Waals surface area contributed by atoms with Gasteiger partial charge in [-0.05, 0) is 25.7 Å². The molecule has 0 aliphatic carbocycles. The summed E-state index contributed by atoms with van der Waals surface area (Å²) < 4.78 is 67.9. The van der Waals surface area contributed by atoms with E-state index < -0.39 is 97.5 Å². The Kier molecular flexibility index (Phi) is 59.6. The Morgan fingerprint density at radius 2 is 0.471 bits per heavy atom. The molecule has 0 spiro atoms. The zero-order valence-corrected chi connectivity index (χ0v) is 56.4. The molecule has 0 bridgehead atoms. The highest BCUT2D eigenvalue weighted by Gasteiger charge is 2.30. The van der Waals surface area contributed by atoms with Gasteiger partial charge in [0.05, 0.1) is 26.4 Å². The lowest BCUT2D eigenvalue weighted by molar-refractivity contribution is -0.161. The standard InChI is InChI=1S/C66H128O17P2/c1-5-9-13-17-20-23-26-28-29-30-31-32-33-35-38-41-45-49-53-66(71)83-62(57-77-64(69)51-47-43-39-37-34-27-24-21-18-14-10-6-2)59-81-85(74,75)79-55-60(67)54-78-84(72,73)80-58-61(56-76-63(68)50-46-42-16-12-8-4)82-65(70)52-48-44-40-36-25-22-19-15-11-7-3/h60-62,67H,5-59H2,1-4H3,(H,72,73)(H,74,75)/t60-,61+,62+/m0/s1. The van der Waals surface area contributed by atoms with E-state index in [-0.39, 0.29) is 25.7 Å².